The minimum Gasteiger partial charge on any atom is -0.345 e. The van der Waals surface area contributed by atoms with Gasteiger partial charge >= 0.3 is 0 Å². The van der Waals surface area contributed by atoms with Gasteiger partial charge in [-0.05, 0) is 50.5 Å². The van der Waals surface area contributed by atoms with Gasteiger partial charge in [0.2, 0.25) is 0 Å². The highest BCUT2D eigenvalue weighted by atomic mass is 32.1. The summed E-state index contributed by atoms with van der Waals surface area (Å²) in [5.74, 6) is 0.942. The lowest BCUT2D eigenvalue weighted by Crippen LogP contribution is -2.31. The summed E-state index contributed by atoms with van der Waals surface area (Å²) < 4.78 is 0. The van der Waals surface area contributed by atoms with E-state index in [9.17, 15) is 0 Å². The topological polar surface area (TPSA) is 28.2 Å². The van der Waals surface area contributed by atoms with E-state index in [2.05, 4.69) is 31.1 Å². The monoisotopic (exact) mass is 291 g/mol. The maximum atomic E-state index is 5.05. The summed E-state index contributed by atoms with van der Waals surface area (Å²) in [6.07, 6.45) is 6.60. The van der Waals surface area contributed by atoms with E-state index in [0.717, 1.165) is 18.4 Å². The van der Waals surface area contributed by atoms with Crippen LogP contribution >= 0.6 is 11.3 Å². The van der Waals surface area contributed by atoms with Gasteiger partial charge in [-0.3, -0.25) is 0 Å². The molecule has 1 saturated heterocycles. The van der Waals surface area contributed by atoms with Crippen LogP contribution < -0.4 is 10.2 Å². The van der Waals surface area contributed by atoms with Crippen molar-refractivity contribution in [2.45, 2.75) is 58.0 Å². The number of piperidine rings is 1. The van der Waals surface area contributed by atoms with Gasteiger partial charge in [0.15, 0.2) is 5.13 Å². The Morgan fingerprint density at radius 3 is 2.85 bits per heavy atom. The van der Waals surface area contributed by atoms with Crippen LogP contribution in [0.5, 0.6) is 0 Å². The third-order valence-electron chi connectivity index (χ3n) is 5.44. The molecule has 3 unspecified atom stereocenters. The fourth-order valence-corrected chi connectivity index (χ4v) is 5.71. The second-order valence-electron chi connectivity index (χ2n) is 7.68. The quantitative estimate of drug-likeness (QED) is 0.905. The van der Waals surface area contributed by atoms with E-state index in [-0.39, 0.29) is 0 Å². The molecule has 4 rings (SSSR count). The molecule has 0 aromatic carbocycles. The fraction of sp³-hybridized carbons (Fsp3) is 0.812. The van der Waals surface area contributed by atoms with Crippen LogP contribution in [0.25, 0.3) is 0 Å². The van der Waals surface area contributed by atoms with Crippen molar-refractivity contribution >= 4 is 16.5 Å². The summed E-state index contributed by atoms with van der Waals surface area (Å²) in [4.78, 5) is 9.16. The van der Waals surface area contributed by atoms with Gasteiger partial charge in [-0.25, -0.2) is 4.98 Å². The zero-order valence-corrected chi connectivity index (χ0v) is 13.6. The van der Waals surface area contributed by atoms with E-state index in [4.69, 9.17) is 4.98 Å². The van der Waals surface area contributed by atoms with Gasteiger partial charge in [-0.15, -0.1) is 0 Å². The summed E-state index contributed by atoms with van der Waals surface area (Å²) in [5.41, 5.74) is 1.74. The molecule has 1 N–H and O–H groups in total. The molecule has 1 saturated carbocycles. The Morgan fingerprint density at radius 1 is 1.35 bits per heavy atom. The minimum atomic E-state index is 0.371. The summed E-state index contributed by atoms with van der Waals surface area (Å²) in [6, 6.07) is 1.29. The van der Waals surface area contributed by atoms with Crippen molar-refractivity contribution in [2.75, 3.05) is 18.5 Å². The van der Waals surface area contributed by atoms with E-state index < -0.39 is 0 Å². The number of hydrogen-bond acceptors (Lipinski definition) is 4. The zero-order chi connectivity index (χ0) is 13.9. The SMILES string of the molecule is CNC1CC(C)(C)Cc2nc(N3CC4CCC3C4)sc21. The molecule has 1 aliphatic heterocycles. The van der Waals surface area contributed by atoms with Crippen LogP contribution in [0.1, 0.15) is 56.1 Å². The van der Waals surface area contributed by atoms with Crippen molar-refractivity contribution in [1.29, 1.82) is 0 Å². The van der Waals surface area contributed by atoms with E-state index in [1.807, 2.05) is 11.3 Å². The van der Waals surface area contributed by atoms with Crippen molar-refractivity contribution in [2.24, 2.45) is 11.3 Å². The van der Waals surface area contributed by atoms with Crippen molar-refractivity contribution < 1.29 is 0 Å². The first-order chi connectivity index (χ1) is 9.55. The number of hydrogen-bond donors (Lipinski definition) is 1. The smallest absolute Gasteiger partial charge is 0.186 e. The van der Waals surface area contributed by atoms with E-state index in [1.54, 1.807) is 0 Å². The van der Waals surface area contributed by atoms with E-state index >= 15 is 0 Å². The van der Waals surface area contributed by atoms with Crippen LogP contribution in [0.2, 0.25) is 0 Å². The third-order valence-corrected chi connectivity index (χ3v) is 6.69. The average molecular weight is 291 g/mol. The lowest BCUT2D eigenvalue weighted by atomic mass is 9.76. The Kier molecular flexibility index (Phi) is 2.90. The highest BCUT2D eigenvalue weighted by molar-refractivity contribution is 7.15. The number of nitrogens with zero attached hydrogens (tertiary/aromatic N) is 2. The predicted octanol–water partition coefficient (Wildman–Crippen LogP) is 3.36. The van der Waals surface area contributed by atoms with Crippen molar-refractivity contribution in [1.82, 2.24) is 10.3 Å². The molecule has 2 heterocycles. The summed E-state index contributed by atoms with van der Waals surface area (Å²) in [6.45, 7) is 6.00. The number of rotatable bonds is 2. The average Bonchev–Trinajstić information content (AvgIpc) is 3.09. The van der Waals surface area contributed by atoms with Crippen LogP contribution in [0, 0.1) is 11.3 Å². The molecule has 3 nitrogen and oxygen atoms in total. The van der Waals surface area contributed by atoms with Gasteiger partial charge in [-0.1, -0.05) is 25.2 Å². The van der Waals surface area contributed by atoms with Gasteiger partial charge in [0.05, 0.1) is 5.69 Å². The standard InChI is InChI=1S/C16H25N3S/c1-16(2)7-12(17-3)14-13(8-16)18-15(20-14)19-9-10-4-5-11(19)6-10/h10-12,17H,4-9H2,1-3H3. The zero-order valence-electron chi connectivity index (χ0n) is 12.8. The highest BCUT2D eigenvalue weighted by Crippen LogP contribution is 2.47. The van der Waals surface area contributed by atoms with Crippen LogP contribution in [0.15, 0.2) is 0 Å². The fourth-order valence-electron chi connectivity index (χ4n) is 4.44. The van der Waals surface area contributed by atoms with E-state index in [0.29, 0.717) is 11.5 Å². The summed E-state index contributed by atoms with van der Waals surface area (Å²) >= 11 is 1.96. The lowest BCUT2D eigenvalue weighted by Gasteiger charge is -2.34. The van der Waals surface area contributed by atoms with Gasteiger partial charge in [0, 0.05) is 23.5 Å². The number of thiazole rings is 1. The molecule has 2 bridgehead atoms. The molecule has 2 aliphatic carbocycles. The number of anilines is 1. The van der Waals surface area contributed by atoms with Gasteiger partial charge < -0.3 is 10.2 Å². The molecule has 3 aliphatic rings. The van der Waals surface area contributed by atoms with Gasteiger partial charge in [0.1, 0.15) is 0 Å². The Bertz CT molecular complexity index is 522. The predicted molar refractivity (Wildman–Crippen MR) is 84.5 cm³/mol. The van der Waals surface area contributed by atoms with E-state index in [1.165, 1.54) is 47.9 Å². The largest absolute Gasteiger partial charge is 0.345 e. The molecule has 20 heavy (non-hydrogen) atoms. The maximum absolute atomic E-state index is 5.05. The Balaban J connectivity index is 1.66. The molecule has 0 amide bonds. The molecule has 0 spiro atoms. The molecular weight excluding hydrogens is 266 g/mol. The van der Waals surface area contributed by atoms with Crippen molar-refractivity contribution in [3.8, 4) is 0 Å². The number of fused-ring (bicyclic) bond motifs is 3. The number of aromatic nitrogens is 1. The third kappa shape index (κ3) is 2.00. The highest BCUT2D eigenvalue weighted by Gasteiger charge is 2.41. The molecule has 1 aromatic rings. The lowest BCUT2D eigenvalue weighted by molar-refractivity contribution is 0.265. The first kappa shape index (κ1) is 13.1. The number of nitrogens with one attached hydrogen (secondary N) is 1. The van der Waals surface area contributed by atoms with Gasteiger partial charge in [-0.2, -0.15) is 0 Å². The Labute approximate surface area is 125 Å². The van der Waals surface area contributed by atoms with Crippen LogP contribution in [0.3, 0.4) is 0 Å². The van der Waals surface area contributed by atoms with Crippen LogP contribution in [-0.2, 0) is 6.42 Å². The molecule has 3 atom stereocenters. The normalized spacial score (nSPS) is 34.5. The summed E-state index contributed by atoms with van der Waals surface area (Å²) in [5, 5.41) is 4.81. The Morgan fingerprint density at radius 2 is 2.20 bits per heavy atom. The van der Waals surface area contributed by atoms with Crippen LogP contribution in [0.4, 0.5) is 5.13 Å². The minimum absolute atomic E-state index is 0.371. The maximum Gasteiger partial charge on any atom is 0.186 e. The second kappa shape index (κ2) is 4.44. The van der Waals surface area contributed by atoms with Gasteiger partial charge in [0.25, 0.3) is 0 Å². The molecular formula is C16H25N3S. The van der Waals surface area contributed by atoms with Crippen LogP contribution in [-0.4, -0.2) is 24.6 Å². The molecule has 1 aromatic heterocycles. The second-order valence-corrected chi connectivity index (χ2v) is 8.69. The summed E-state index contributed by atoms with van der Waals surface area (Å²) in [7, 11) is 2.09. The first-order valence-electron chi connectivity index (χ1n) is 7.99. The van der Waals surface area contributed by atoms with Crippen molar-refractivity contribution in [3.05, 3.63) is 10.6 Å². The molecule has 2 fully saturated rings. The Hall–Kier alpha value is -0.610. The molecule has 4 heteroatoms. The van der Waals surface area contributed by atoms with Crippen molar-refractivity contribution in [3.63, 3.8) is 0 Å². The molecule has 0 radical (unpaired) electrons. The first-order valence-corrected chi connectivity index (χ1v) is 8.81. The molecule has 110 valence electrons.